The van der Waals surface area contributed by atoms with Crippen LogP contribution in [0.25, 0.3) is 0 Å². The Kier molecular flexibility index (Phi) is 21.2. The highest BCUT2D eigenvalue weighted by atomic mass is 16.5. The van der Waals surface area contributed by atoms with Gasteiger partial charge in [0.15, 0.2) is 0 Å². The van der Waals surface area contributed by atoms with E-state index in [1.807, 2.05) is 97.1 Å². The average molecular weight is 917 g/mol. The fourth-order valence-electron chi connectivity index (χ4n) is 6.97. The SMILES string of the molecule is CCCCCCCCOc1ccc(C(=O)Oc2ccc(C=Nc3ccc(OCCOc4ccc(N=Cc5ccc(OC(=O)c6ccc(OCCCCCCCC)cc6)cc5)cc4)cc3)cc2)cc1. The largest absolute Gasteiger partial charge is 0.494 e. The minimum atomic E-state index is -0.426. The summed E-state index contributed by atoms with van der Waals surface area (Å²) in [6.07, 6.45) is 18.0. The molecule has 6 aromatic rings. The molecule has 0 spiro atoms. The van der Waals surface area contributed by atoms with Gasteiger partial charge in [-0.05, 0) is 170 Å². The highest BCUT2D eigenvalue weighted by Gasteiger charge is 2.11. The number of ether oxygens (including phenoxy) is 6. The van der Waals surface area contributed by atoms with Crippen LogP contribution in [0.4, 0.5) is 11.4 Å². The third kappa shape index (κ3) is 18.2. The van der Waals surface area contributed by atoms with Crippen LogP contribution in [0.1, 0.15) is 123 Å². The lowest BCUT2D eigenvalue weighted by atomic mass is 10.1. The number of carbonyl (C=O) groups is 2. The van der Waals surface area contributed by atoms with Crippen molar-refractivity contribution >= 4 is 35.7 Å². The Balaban J connectivity index is 0.837. The fraction of sp³-hybridized carbons (Fsp3) is 0.310. The van der Waals surface area contributed by atoms with Gasteiger partial charge in [0.05, 0.1) is 35.7 Å². The molecule has 0 aliphatic rings. The normalized spacial score (nSPS) is 11.1. The van der Waals surface area contributed by atoms with Crippen molar-refractivity contribution < 1.29 is 38.0 Å². The van der Waals surface area contributed by atoms with E-state index < -0.39 is 11.9 Å². The summed E-state index contributed by atoms with van der Waals surface area (Å²) in [7, 11) is 0. The van der Waals surface area contributed by atoms with E-state index in [-0.39, 0.29) is 0 Å². The molecule has 0 amide bonds. The van der Waals surface area contributed by atoms with Gasteiger partial charge in [-0.3, -0.25) is 9.98 Å². The Labute approximate surface area is 402 Å². The molecule has 0 heterocycles. The molecule has 0 N–H and O–H groups in total. The molecule has 68 heavy (non-hydrogen) atoms. The van der Waals surface area contributed by atoms with Crippen LogP contribution in [0.15, 0.2) is 156 Å². The Morgan fingerprint density at radius 2 is 0.647 bits per heavy atom. The molecule has 0 saturated heterocycles. The van der Waals surface area contributed by atoms with Gasteiger partial charge in [-0.2, -0.15) is 0 Å². The predicted molar refractivity (Wildman–Crippen MR) is 272 cm³/mol. The van der Waals surface area contributed by atoms with Gasteiger partial charge in [-0.15, -0.1) is 0 Å². The van der Waals surface area contributed by atoms with E-state index in [1.165, 1.54) is 64.2 Å². The lowest BCUT2D eigenvalue weighted by molar-refractivity contribution is 0.0725. The number of rotatable bonds is 29. The Morgan fingerprint density at radius 1 is 0.353 bits per heavy atom. The topological polar surface area (TPSA) is 114 Å². The summed E-state index contributed by atoms with van der Waals surface area (Å²) in [5, 5.41) is 0. The first-order chi connectivity index (χ1) is 33.4. The van der Waals surface area contributed by atoms with E-state index >= 15 is 0 Å². The van der Waals surface area contributed by atoms with E-state index in [0.717, 1.165) is 46.8 Å². The highest BCUT2D eigenvalue weighted by Crippen LogP contribution is 2.23. The number of aliphatic imine (C=N–C) groups is 2. The zero-order valence-electron chi connectivity index (χ0n) is 39.5. The Bertz CT molecular complexity index is 2260. The van der Waals surface area contributed by atoms with Crippen molar-refractivity contribution in [1.29, 1.82) is 0 Å². The van der Waals surface area contributed by atoms with Crippen molar-refractivity contribution in [2.24, 2.45) is 9.98 Å². The molecule has 6 aromatic carbocycles. The summed E-state index contributed by atoms with van der Waals surface area (Å²) in [5.74, 6) is 2.97. The molecule has 0 atom stereocenters. The summed E-state index contributed by atoms with van der Waals surface area (Å²) in [4.78, 5) is 34.6. The molecule has 0 radical (unpaired) electrons. The van der Waals surface area contributed by atoms with Crippen molar-refractivity contribution in [2.45, 2.75) is 90.9 Å². The van der Waals surface area contributed by atoms with Crippen molar-refractivity contribution in [3.63, 3.8) is 0 Å². The third-order valence-corrected chi connectivity index (χ3v) is 10.9. The second-order valence-electron chi connectivity index (χ2n) is 16.4. The highest BCUT2D eigenvalue weighted by molar-refractivity contribution is 5.92. The van der Waals surface area contributed by atoms with E-state index in [1.54, 1.807) is 61.0 Å². The minimum absolute atomic E-state index is 0.365. The first-order valence-electron chi connectivity index (χ1n) is 24.1. The summed E-state index contributed by atoms with van der Waals surface area (Å²) >= 11 is 0. The number of nitrogens with zero attached hydrogens (tertiary/aromatic N) is 2. The van der Waals surface area contributed by atoms with Gasteiger partial charge in [-0.25, -0.2) is 9.59 Å². The molecule has 6 rings (SSSR count). The average Bonchev–Trinajstić information content (AvgIpc) is 3.37. The molecule has 0 aliphatic heterocycles. The molecule has 0 unspecified atom stereocenters. The maximum atomic E-state index is 12.7. The maximum absolute atomic E-state index is 12.7. The molecule has 10 nitrogen and oxygen atoms in total. The molecule has 0 fully saturated rings. The van der Waals surface area contributed by atoms with Gasteiger partial charge in [0.25, 0.3) is 0 Å². The Hall–Kier alpha value is -7.20. The molecule has 0 aliphatic carbocycles. The lowest BCUT2D eigenvalue weighted by Crippen LogP contribution is -2.08. The standard InChI is InChI=1S/C58H64N2O8/c1-3-5-7-9-11-13-39-63-51-31-19-47(20-32-51)57(61)67-55-27-15-45(16-28-55)43-59-49-23-35-53(36-24-49)65-41-42-66-54-37-25-50(26-38-54)60-44-46-17-29-56(30-18-46)68-58(62)48-21-33-52(34-22-48)64-40-14-12-10-8-6-4-2/h15-38,43-44H,3-14,39-42H2,1-2H3. The number of hydrogen-bond donors (Lipinski definition) is 0. The lowest BCUT2D eigenvalue weighted by Gasteiger charge is -2.09. The van der Waals surface area contributed by atoms with Crippen LogP contribution in [-0.2, 0) is 0 Å². The molecule has 10 heteroatoms. The molecular formula is C58H64N2O8. The van der Waals surface area contributed by atoms with E-state index in [0.29, 0.717) is 60.6 Å². The van der Waals surface area contributed by atoms with Gasteiger partial charge in [0, 0.05) is 12.4 Å². The van der Waals surface area contributed by atoms with E-state index in [4.69, 9.17) is 28.4 Å². The van der Waals surface area contributed by atoms with Gasteiger partial charge in [-0.1, -0.05) is 78.1 Å². The van der Waals surface area contributed by atoms with Crippen molar-refractivity contribution in [3.05, 3.63) is 168 Å². The number of esters is 2. The number of unbranched alkanes of at least 4 members (excludes halogenated alkanes) is 10. The monoisotopic (exact) mass is 916 g/mol. The molecule has 0 bridgehead atoms. The van der Waals surface area contributed by atoms with Crippen LogP contribution >= 0.6 is 0 Å². The summed E-state index contributed by atoms with van der Waals surface area (Å²) in [6.45, 7) is 6.52. The number of carbonyl (C=O) groups excluding carboxylic acids is 2. The van der Waals surface area contributed by atoms with E-state index in [9.17, 15) is 9.59 Å². The molecule has 0 saturated carbocycles. The smallest absolute Gasteiger partial charge is 0.343 e. The quantitative estimate of drug-likeness (QED) is 0.0198. The van der Waals surface area contributed by atoms with Crippen LogP contribution in [-0.4, -0.2) is 50.8 Å². The number of hydrogen-bond acceptors (Lipinski definition) is 10. The van der Waals surface area contributed by atoms with Gasteiger partial charge >= 0.3 is 11.9 Å². The predicted octanol–water partition coefficient (Wildman–Crippen LogP) is 14.6. The minimum Gasteiger partial charge on any atom is -0.494 e. The van der Waals surface area contributed by atoms with Crippen molar-refractivity contribution in [3.8, 4) is 34.5 Å². The summed E-state index contributed by atoms with van der Waals surface area (Å²) in [6, 6.07) is 43.5. The van der Waals surface area contributed by atoms with Gasteiger partial charge in [0.2, 0.25) is 0 Å². The van der Waals surface area contributed by atoms with Crippen LogP contribution in [0.3, 0.4) is 0 Å². The fourth-order valence-corrected chi connectivity index (χ4v) is 6.97. The van der Waals surface area contributed by atoms with Crippen molar-refractivity contribution in [1.82, 2.24) is 0 Å². The zero-order chi connectivity index (χ0) is 47.4. The second kappa shape index (κ2) is 28.8. The zero-order valence-corrected chi connectivity index (χ0v) is 39.5. The first kappa shape index (κ1) is 50.2. The number of benzene rings is 6. The third-order valence-electron chi connectivity index (χ3n) is 10.9. The van der Waals surface area contributed by atoms with E-state index in [2.05, 4.69) is 23.8 Å². The van der Waals surface area contributed by atoms with Gasteiger partial charge < -0.3 is 28.4 Å². The second-order valence-corrected chi connectivity index (χ2v) is 16.4. The molecular weight excluding hydrogens is 853 g/mol. The van der Waals surface area contributed by atoms with Crippen LogP contribution in [0, 0.1) is 0 Å². The molecule has 354 valence electrons. The summed E-state index contributed by atoms with van der Waals surface area (Å²) in [5.41, 5.74) is 4.19. The molecule has 0 aromatic heterocycles. The summed E-state index contributed by atoms with van der Waals surface area (Å²) < 4.78 is 34.6. The van der Waals surface area contributed by atoms with Crippen LogP contribution in [0.2, 0.25) is 0 Å². The van der Waals surface area contributed by atoms with Crippen LogP contribution < -0.4 is 28.4 Å². The first-order valence-corrected chi connectivity index (χ1v) is 24.1. The Morgan fingerprint density at radius 3 is 1.00 bits per heavy atom. The van der Waals surface area contributed by atoms with Crippen molar-refractivity contribution in [2.75, 3.05) is 26.4 Å². The van der Waals surface area contributed by atoms with Crippen LogP contribution in [0.5, 0.6) is 34.5 Å². The van der Waals surface area contributed by atoms with Gasteiger partial charge in [0.1, 0.15) is 47.7 Å². The maximum Gasteiger partial charge on any atom is 0.343 e.